The molecule has 1 spiro atoms. The van der Waals surface area contributed by atoms with E-state index in [1.807, 2.05) is 0 Å². The van der Waals surface area contributed by atoms with E-state index in [9.17, 15) is 0 Å². The lowest BCUT2D eigenvalue weighted by molar-refractivity contribution is -0.149. The molecule has 6 rings (SSSR count). The van der Waals surface area contributed by atoms with Gasteiger partial charge in [0.15, 0.2) is 0 Å². The predicted octanol–water partition coefficient (Wildman–Crippen LogP) is 6.80. The molecule has 0 aromatic heterocycles. The van der Waals surface area contributed by atoms with Gasteiger partial charge in [-0.05, 0) is 124 Å². The van der Waals surface area contributed by atoms with Crippen molar-refractivity contribution >= 4 is 0 Å². The third kappa shape index (κ3) is 3.37. The molecular formula is C30H51NO2. The largest absolute Gasteiger partial charge is 0.376 e. The van der Waals surface area contributed by atoms with Crippen molar-refractivity contribution in [2.45, 2.75) is 130 Å². The third-order valence-electron chi connectivity index (χ3n) is 12.6. The van der Waals surface area contributed by atoms with Crippen molar-refractivity contribution in [2.24, 2.45) is 52.3 Å². The third-order valence-corrected chi connectivity index (χ3v) is 12.6. The average molecular weight is 458 g/mol. The van der Waals surface area contributed by atoms with Crippen LogP contribution in [0.1, 0.15) is 106 Å². The predicted molar refractivity (Wildman–Crippen MR) is 134 cm³/mol. The number of hydrogen-bond acceptors (Lipinski definition) is 3. The minimum atomic E-state index is -0.0227. The van der Waals surface area contributed by atoms with Crippen LogP contribution in [0.2, 0.25) is 0 Å². The zero-order valence-corrected chi connectivity index (χ0v) is 22.4. The van der Waals surface area contributed by atoms with Crippen molar-refractivity contribution in [2.75, 3.05) is 6.54 Å². The van der Waals surface area contributed by atoms with Crippen molar-refractivity contribution < 1.29 is 9.47 Å². The SMILES string of the molecule is CC1CC[C@@]2(NC1)OC1CC3C4CCC5CC(OC(C)C)CC[C@]5(C)C4CC[C@]3(C)C1[C@@H]2C. The fraction of sp³-hybridized carbons (Fsp3) is 1.00. The number of nitrogens with one attached hydrogen (secondary N) is 1. The Bertz CT molecular complexity index is 744. The topological polar surface area (TPSA) is 30.5 Å². The maximum Gasteiger partial charge on any atom is 0.122 e. The summed E-state index contributed by atoms with van der Waals surface area (Å²) >= 11 is 0. The molecule has 1 N–H and O–H groups in total. The van der Waals surface area contributed by atoms with E-state index in [0.717, 1.165) is 42.1 Å². The standard InChI is InChI=1S/C30H51NO2/c1-18(2)32-22-10-12-28(5)21(15-22)7-8-23-24(28)11-13-29(6)25(23)16-26-27(29)20(4)30(33-26)14-9-19(3)17-31-30/h18-27,31H,7-17H2,1-6H3/t19?,20-,21?,22?,23?,24?,25?,26?,27?,28-,29-,30+/m0/s1. The van der Waals surface area contributed by atoms with Crippen molar-refractivity contribution in [3.63, 3.8) is 0 Å². The Hall–Kier alpha value is -0.120. The first kappa shape index (κ1) is 23.3. The van der Waals surface area contributed by atoms with Crippen molar-refractivity contribution in [3.8, 4) is 0 Å². The van der Waals surface area contributed by atoms with Crippen molar-refractivity contribution in [1.29, 1.82) is 0 Å². The molecule has 12 atom stereocenters. The van der Waals surface area contributed by atoms with Crippen LogP contribution in [0.4, 0.5) is 0 Å². The van der Waals surface area contributed by atoms with E-state index in [-0.39, 0.29) is 5.72 Å². The first-order valence-corrected chi connectivity index (χ1v) is 14.7. The monoisotopic (exact) mass is 457 g/mol. The second-order valence-electron chi connectivity index (χ2n) is 14.4. The second-order valence-corrected chi connectivity index (χ2v) is 14.4. The molecule has 3 nitrogen and oxygen atoms in total. The lowest BCUT2D eigenvalue weighted by Crippen LogP contribution is -2.57. The number of piperidine rings is 1. The van der Waals surface area contributed by atoms with Gasteiger partial charge in [-0.2, -0.15) is 0 Å². The maximum atomic E-state index is 7.07. The fourth-order valence-electron chi connectivity index (χ4n) is 10.9. The number of fused-ring (bicyclic) bond motifs is 7. The summed E-state index contributed by atoms with van der Waals surface area (Å²) in [5.41, 5.74) is 1.01. The Morgan fingerprint density at radius 3 is 2.39 bits per heavy atom. The van der Waals surface area contributed by atoms with Gasteiger partial charge in [-0.15, -0.1) is 0 Å². The van der Waals surface area contributed by atoms with E-state index in [4.69, 9.17) is 9.47 Å². The highest BCUT2D eigenvalue weighted by Gasteiger charge is 2.68. The van der Waals surface area contributed by atoms with Gasteiger partial charge >= 0.3 is 0 Å². The molecule has 2 heterocycles. The summed E-state index contributed by atoms with van der Waals surface area (Å²) in [6.07, 6.45) is 15.1. The van der Waals surface area contributed by atoms with Gasteiger partial charge in [0, 0.05) is 12.5 Å². The molecule has 2 saturated heterocycles. The quantitative estimate of drug-likeness (QED) is 0.494. The molecule has 4 saturated carbocycles. The molecule has 0 radical (unpaired) electrons. The minimum absolute atomic E-state index is 0.0227. The van der Waals surface area contributed by atoms with Crippen LogP contribution >= 0.6 is 0 Å². The Balaban J connectivity index is 1.20. The van der Waals surface area contributed by atoms with Crippen molar-refractivity contribution in [3.05, 3.63) is 0 Å². The molecule has 6 fully saturated rings. The molecule has 8 unspecified atom stereocenters. The molecule has 0 aromatic carbocycles. The Kier molecular flexibility index (Phi) is 5.60. The molecule has 4 aliphatic carbocycles. The van der Waals surface area contributed by atoms with Gasteiger partial charge in [-0.25, -0.2) is 0 Å². The molecule has 188 valence electrons. The maximum absolute atomic E-state index is 7.07. The van der Waals surface area contributed by atoms with Gasteiger partial charge in [-0.1, -0.05) is 27.7 Å². The zero-order chi connectivity index (χ0) is 23.2. The summed E-state index contributed by atoms with van der Waals surface area (Å²) in [7, 11) is 0. The lowest BCUT2D eigenvalue weighted by Gasteiger charge is -2.61. The molecule has 3 heteroatoms. The molecule has 33 heavy (non-hydrogen) atoms. The summed E-state index contributed by atoms with van der Waals surface area (Å²) in [4.78, 5) is 0. The Morgan fingerprint density at radius 1 is 0.879 bits per heavy atom. The molecule has 0 aromatic rings. The highest BCUT2D eigenvalue weighted by molar-refractivity contribution is 5.16. The van der Waals surface area contributed by atoms with Gasteiger partial charge in [0.2, 0.25) is 0 Å². The van der Waals surface area contributed by atoms with E-state index >= 15 is 0 Å². The smallest absolute Gasteiger partial charge is 0.122 e. The van der Waals surface area contributed by atoms with Crippen LogP contribution in [0.5, 0.6) is 0 Å². The van der Waals surface area contributed by atoms with Gasteiger partial charge in [-0.3, -0.25) is 5.32 Å². The van der Waals surface area contributed by atoms with Crippen LogP contribution in [-0.2, 0) is 9.47 Å². The van der Waals surface area contributed by atoms with Crippen LogP contribution in [0.25, 0.3) is 0 Å². The van der Waals surface area contributed by atoms with Gasteiger partial charge in [0.1, 0.15) is 5.72 Å². The van der Waals surface area contributed by atoms with Crippen LogP contribution in [0.15, 0.2) is 0 Å². The van der Waals surface area contributed by atoms with Crippen LogP contribution < -0.4 is 5.32 Å². The van der Waals surface area contributed by atoms with E-state index < -0.39 is 0 Å². The van der Waals surface area contributed by atoms with Crippen LogP contribution in [-0.4, -0.2) is 30.6 Å². The highest BCUT2D eigenvalue weighted by atomic mass is 16.5. The fourth-order valence-corrected chi connectivity index (χ4v) is 10.9. The van der Waals surface area contributed by atoms with Gasteiger partial charge in [0.05, 0.1) is 18.3 Å². The van der Waals surface area contributed by atoms with E-state index in [0.29, 0.717) is 35.1 Å². The molecule has 0 amide bonds. The van der Waals surface area contributed by atoms with Gasteiger partial charge in [0.25, 0.3) is 0 Å². The van der Waals surface area contributed by atoms with E-state index in [1.54, 1.807) is 0 Å². The lowest BCUT2D eigenvalue weighted by atomic mass is 9.44. The highest BCUT2D eigenvalue weighted by Crippen LogP contribution is 2.71. The summed E-state index contributed by atoms with van der Waals surface area (Å²) < 4.78 is 13.4. The second kappa shape index (κ2) is 7.94. The number of rotatable bonds is 2. The molecule has 2 aliphatic heterocycles. The Morgan fingerprint density at radius 2 is 1.67 bits per heavy atom. The van der Waals surface area contributed by atoms with E-state index in [1.165, 1.54) is 64.2 Å². The summed E-state index contributed by atoms with van der Waals surface area (Å²) in [6.45, 7) is 15.9. The summed E-state index contributed by atoms with van der Waals surface area (Å²) in [5.74, 6) is 5.84. The first-order valence-electron chi connectivity index (χ1n) is 14.7. The van der Waals surface area contributed by atoms with Crippen molar-refractivity contribution in [1.82, 2.24) is 5.32 Å². The average Bonchev–Trinajstić information content (AvgIpc) is 3.21. The summed E-state index contributed by atoms with van der Waals surface area (Å²) in [5, 5.41) is 3.92. The first-order chi connectivity index (χ1) is 15.7. The van der Waals surface area contributed by atoms with Crippen LogP contribution in [0.3, 0.4) is 0 Å². The zero-order valence-electron chi connectivity index (χ0n) is 22.4. The molecule has 0 bridgehead atoms. The van der Waals surface area contributed by atoms with Gasteiger partial charge < -0.3 is 9.47 Å². The van der Waals surface area contributed by atoms with Crippen LogP contribution in [0, 0.1) is 52.3 Å². The summed E-state index contributed by atoms with van der Waals surface area (Å²) in [6, 6.07) is 0. The molecular weight excluding hydrogens is 406 g/mol. The van der Waals surface area contributed by atoms with E-state index in [2.05, 4.69) is 46.9 Å². The minimum Gasteiger partial charge on any atom is -0.376 e. The Labute approximate surface area is 203 Å². The molecule has 6 aliphatic rings. The number of hydrogen-bond donors (Lipinski definition) is 1. The normalized spacial score (nSPS) is 58.1. The number of ether oxygens (including phenoxy) is 2.